The third-order valence-electron chi connectivity index (χ3n) is 15.2. The summed E-state index contributed by atoms with van der Waals surface area (Å²) in [5.74, 6) is -0.0241. The summed E-state index contributed by atoms with van der Waals surface area (Å²) in [6, 6.07) is 2.02. The first-order valence-corrected chi connectivity index (χ1v) is 17.3. The molecule has 1 aromatic carbocycles. The lowest BCUT2D eigenvalue weighted by atomic mass is 9.40. The van der Waals surface area contributed by atoms with E-state index in [-0.39, 0.29) is 30.0 Å². The Hall–Kier alpha value is -1.71. The van der Waals surface area contributed by atoms with Crippen LogP contribution in [-0.2, 0) is 31.6 Å². The number of halogens is 1. The summed E-state index contributed by atoms with van der Waals surface area (Å²) in [5.41, 5.74) is 1.86. The fraction of sp³-hybridized carbons (Fsp3) is 0.676. The number of epoxide rings is 1. The van der Waals surface area contributed by atoms with Gasteiger partial charge < -0.3 is 34.5 Å². The quantitative estimate of drug-likeness (QED) is 0.238. The Morgan fingerprint density at radius 2 is 1.87 bits per heavy atom. The second kappa shape index (κ2) is 7.78. The van der Waals surface area contributed by atoms with Crippen molar-refractivity contribution in [3.05, 3.63) is 57.8 Å². The van der Waals surface area contributed by atoms with Crippen LogP contribution >= 0.6 is 11.6 Å². The average molecular weight is 634 g/mol. The molecule has 8 aliphatic rings. The first-order valence-electron chi connectivity index (χ1n) is 16.9. The van der Waals surface area contributed by atoms with Crippen LogP contribution in [-0.4, -0.2) is 61.5 Å². The van der Waals surface area contributed by atoms with Crippen LogP contribution in [0.2, 0.25) is 5.02 Å². The van der Waals surface area contributed by atoms with Crippen molar-refractivity contribution in [1.29, 1.82) is 0 Å². The molecule has 4 heterocycles. The van der Waals surface area contributed by atoms with Gasteiger partial charge in [-0.25, -0.2) is 0 Å². The maximum Gasteiger partial charge on any atom is 0.153 e. The Morgan fingerprint density at radius 1 is 1.11 bits per heavy atom. The highest BCUT2D eigenvalue weighted by atomic mass is 35.5. The van der Waals surface area contributed by atoms with E-state index in [1.807, 2.05) is 13.0 Å². The summed E-state index contributed by atoms with van der Waals surface area (Å²) in [4.78, 5) is 3.87. The predicted octanol–water partition coefficient (Wildman–Crippen LogP) is 5.66. The van der Waals surface area contributed by atoms with Crippen molar-refractivity contribution in [2.24, 2.45) is 23.2 Å². The number of aliphatic hydroxyl groups is 3. The van der Waals surface area contributed by atoms with Gasteiger partial charge >= 0.3 is 0 Å². The van der Waals surface area contributed by atoms with Crippen LogP contribution in [0.4, 0.5) is 0 Å². The van der Waals surface area contributed by atoms with Crippen LogP contribution in [0.3, 0.4) is 0 Å². The summed E-state index contributed by atoms with van der Waals surface area (Å²) in [6.07, 6.45) is 1.83. The van der Waals surface area contributed by atoms with Crippen molar-refractivity contribution >= 4 is 22.5 Å². The van der Waals surface area contributed by atoms with Crippen molar-refractivity contribution < 1.29 is 29.5 Å². The molecule has 0 unspecified atom stereocenters. The Labute approximate surface area is 269 Å². The van der Waals surface area contributed by atoms with Gasteiger partial charge in [-0.1, -0.05) is 44.2 Å². The van der Waals surface area contributed by atoms with E-state index in [1.54, 1.807) is 0 Å². The zero-order valence-corrected chi connectivity index (χ0v) is 27.6. The Morgan fingerprint density at radius 3 is 2.60 bits per heavy atom. The second-order valence-electron chi connectivity index (χ2n) is 17.0. The molecule has 1 aromatic heterocycles. The molecule has 2 saturated heterocycles. The number of nitrogens with one attached hydrogen (secondary N) is 1. The molecule has 240 valence electrons. The van der Waals surface area contributed by atoms with E-state index < -0.39 is 51.5 Å². The molecule has 2 aromatic rings. The summed E-state index contributed by atoms with van der Waals surface area (Å²) in [7, 11) is 0. The zero-order chi connectivity index (χ0) is 31.6. The number of benzene rings is 1. The number of hydrogen-bond donors (Lipinski definition) is 4. The lowest BCUT2D eigenvalue weighted by Gasteiger charge is -2.66. The van der Waals surface area contributed by atoms with Crippen LogP contribution < -0.4 is 0 Å². The Bertz CT molecular complexity index is 1800. The molecule has 10 rings (SSSR count). The Balaban J connectivity index is 1.21. The minimum atomic E-state index is -1.24. The van der Waals surface area contributed by atoms with Gasteiger partial charge in [0.25, 0.3) is 0 Å². The number of rotatable bonds is 1. The molecule has 8 heteroatoms. The highest BCUT2D eigenvalue weighted by Crippen LogP contribution is 2.78. The van der Waals surface area contributed by atoms with E-state index >= 15 is 0 Å². The van der Waals surface area contributed by atoms with E-state index in [1.165, 1.54) is 0 Å². The maximum atomic E-state index is 13.2. The molecule has 7 nitrogen and oxygen atoms in total. The van der Waals surface area contributed by atoms with Gasteiger partial charge in [0.05, 0.1) is 17.8 Å². The van der Waals surface area contributed by atoms with Crippen molar-refractivity contribution in [2.45, 2.75) is 131 Å². The van der Waals surface area contributed by atoms with Crippen LogP contribution in [0.1, 0.15) is 95.2 Å². The molecule has 13 atom stereocenters. The monoisotopic (exact) mass is 633 g/mol. The molecule has 45 heavy (non-hydrogen) atoms. The third-order valence-corrected chi connectivity index (χ3v) is 15.5. The minimum absolute atomic E-state index is 0.0254. The maximum absolute atomic E-state index is 13.2. The molecule has 4 N–H and O–H groups in total. The van der Waals surface area contributed by atoms with Gasteiger partial charge in [0, 0.05) is 55.8 Å². The van der Waals surface area contributed by atoms with Gasteiger partial charge in [-0.05, 0) is 82.1 Å². The first kappa shape index (κ1) is 28.3. The molecule has 5 aliphatic carbocycles. The first-order chi connectivity index (χ1) is 21.1. The summed E-state index contributed by atoms with van der Waals surface area (Å²) >= 11 is 7.06. The van der Waals surface area contributed by atoms with Gasteiger partial charge in [0.1, 0.15) is 29.5 Å². The van der Waals surface area contributed by atoms with Crippen LogP contribution in [0.25, 0.3) is 10.9 Å². The fourth-order valence-corrected chi connectivity index (χ4v) is 13.2. The van der Waals surface area contributed by atoms with Crippen molar-refractivity contribution in [3.63, 3.8) is 0 Å². The highest BCUT2D eigenvalue weighted by Gasteiger charge is 2.87. The van der Waals surface area contributed by atoms with E-state index in [4.69, 9.17) is 25.8 Å². The van der Waals surface area contributed by atoms with Gasteiger partial charge in [0.15, 0.2) is 5.60 Å². The van der Waals surface area contributed by atoms with E-state index in [0.29, 0.717) is 24.3 Å². The molecule has 5 fully saturated rings. The Kier molecular flexibility index (Phi) is 4.89. The van der Waals surface area contributed by atoms with Crippen molar-refractivity contribution in [2.75, 3.05) is 0 Å². The van der Waals surface area contributed by atoms with Crippen molar-refractivity contribution in [3.8, 4) is 0 Å². The van der Waals surface area contributed by atoms with Gasteiger partial charge in [-0.3, -0.25) is 0 Å². The summed E-state index contributed by atoms with van der Waals surface area (Å²) in [5, 5.41) is 39.1. The number of aromatic nitrogens is 1. The summed E-state index contributed by atoms with van der Waals surface area (Å²) in [6.45, 7) is 19.2. The number of aromatic amines is 1. The molecule has 0 amide bonds. The molecule has 1 spiro atoms. The summed E-state index contributed by atoms with van der Waals surface area (Å²) < 4.78 is 20.4. The normalized spacial score (nSPS) is 52.5. The standard InChI is InChI=1S/C37H44ClNO6/c1-15(2)28-27(40)31-37(45-31)23(43-28)9-10-33(6)34(7)18(8-11-35(33,37)41)29-25-24-21(39-30(25)34)14-20(38)17-12-16(3)19-13-22(32(4,5)44-29)36(19,42)26(17)24/h14,18-19,22-23,27-29,31,39-42H,1,3,8-13H2,2,4-7H3/t18-,19+,22+,23-,27-,28+,29-,31+,33+,34+,35-,36+,37-/m1/s1. The average Bonchev–Trinajstić information content (AvgIpc) is 3.55. The molecule has 0 bridgehead atoms. The predicted molar refractivity (Wildman–Crippen MR) is 169 cm³/mol. The van der Waals surface area contributed by atoms with Crippen LogP contribution in [0, 0.1) is 23.2 Å². The number of H-pyrrole nitrogens is 1. The number of fused-ring (bicyclic) bond motifs is 5. The second-order valence-corrected chi connectivity index (χ2v) is 17.4. The van der Waals surface area contributed by atoms with Crippen LogP contribution in [0.5, 0.6) is 0 Å². The molecule has 0 radical (unpaired) electrons. The molecule has 3 aliphatic heterocycles. The smallest absolute Gasteiger partial charge is 0.153 e. The van der Waals surface area contributed by atoms with Gasteiger partial charge in [0.2, 0.25) is 0 Å². The zero-order valence-electron chi connectivity index (χ0n) is 26.8. The van der Waals surface area contributed by atoms with Gasteiger partial charge in [-0.2, -0.15) is 0 Å². The number of ether oxygens (including phenoxy) is 3. The molecular weight excluding hydrogens is 590 g/mol. The number of aliphatic hydroxyl groups excluding tert-OH is 1. The van der Waals surface area contributed by atoms with Crippen LogP contribution in [0.15, 0.2) is 30.4 Å². The van der Waals surface area contributed by atoms with E-state index in [2.05, 4.69) is 45.8 Å². The number of hydrogen-bond acceptors (Lipinski definition) is 6. The van der Waals surface area contributed by atoms with Crippen molar-refractivity contribution in [1.82, 2.24) is 4.98 Å². The molecular formula is C37H44ClNO6. The van der Waals surface area contributed by atoms with E-state index in [0.717, 1.165) is 63.7 Å². The fourth-order valence-electron chi connectivity index (χ4n) is 12.9. The third kappa shape index (κ3) is 2.64. The molecule has 3 saturated carbocycles. The lowest BCUT2D eigenvalue weighted by molar-refractivity contribution is -0.281. The highest BCUT2D eigenvalue weighted by molar-refractivity contribution is 6.32. The van der Waals surface area contributed by atoms with E-state index in [9.17, 15) is 15.3 Å². The topological polar surface area (TPSA) is 107 Å². The minimum Gasteiger partial charge on any atom is -0.387 e. The lowest BCUT2D eigenvalue weighted by Crippen LogP contribution is -2.76. The SMILES string of the molecule is C=C(C)[C@@H]1O[C@@H]2CC[C@]3(C)[C@](O)(CC[C@@H]4[C@H]5OC(C)(C)[C@@H]6C[C@H]7C(=C)Cc8c(Cl)cc9[nH]c(c5c9c8[C@]76O)[C@]43C)[C@@]23O[C@H]3[C@@H]1O. The van der Waals surface area contributed by atoms with Gasteiger partial charge in [-0.15, -0.1) is 0 Å². The largest absolute Gasteiger partial charge is 0.387 e.